The van der Waals surface area contributed by atoms with Gasteiger partial charge in [-0.05, 0) is 18.2 Å². The van der Waals surface area contributed by atoms with Crippen molar-refractivity contribution in [1.82, 2.24) is 5.32 Å². The fourth-order valence-electron chi connectivity index (χ4n) is 2.18. The smallest absolute Gasteiger partial charge is 0.251 e. The second kappa shape index (κ2) is 7.07. The number of carbonyl (C=O) groups excluding carboxylic acids is 2. The number of anilines is 1. The SMILES string of the molecule is COC(CNC(=O)c1cccc(N2C(=O)CCS2(=O)=O)c1)OC. The Balaban J connectivity index is 2.17. The van der Waals surface area contributed by atoms with E-state index in [1.165, 1.54) is 38.5 Å². The van der Waals surface area contributed by atoms with Gasteiger partial charge >= 0.3 is 0 Å². The van der Waals surface area contributed by atoms with Gasteiger partial charge < -0.3 is 14.8 Å². The van der Waals surface area contributed by atoms with Gasteiger partial charge in [-0.1, -0.05) is 6.07 Å². The maximum atomic E-state index is 12.1. The maximum Gasteiger partial charge on any atom is 0.251 e. The first kappa shape index (κ1) is 17.4. The third kappa shape index (κ3) is 3.87. The average Bonchev–Trinajstić information content (AvgIpc) is 2.81. The Morgan fingerprint density at radius 3 is 2.61 bits per heavy atom. The molecule has 9 heteroatoms. The third-order valence-corrected chi connectivity index (χ3v) is 5.07. The molecule has 0 radical (unpaired) electrons. The summed E-state index contributed by atoms with van der Waals surface area (Å²) < 4.78 is 34.5. The Kier molecular flexibility index (Phi) is 5.34. The van der Waals surface area contributed by atoms with E-state index < -0.39 is 28.1 Å². The molecular weight excluding hydrogens is 324 g/mol. The Hall–Kier alpha value is -1.97. The van der Waals surface area contributed by atoms with Crippen molar-refractivity contribution in [3.63, 3.8) is 0 Å². The number of ether oxygens (including phenoxy) is 2. The molecule has 0 spiro atoms. The molecule has 126 valence electrons. The Labute approximate surface area is 134 Å². The van der Waals surface area contributed by atoms with Crippen LogP contribution in [0.3, 0.4) is 0 Å². The van der Waals surface area contributed by atoms with Crippen molar-refractivity contribution in [3.8, 4) is 0 Å². The molecule has 2 amide bonds. The molecule has 1 aliphatic rings. The van der Waals surface area contributed by atoms with E-state index in [0.717, 1.165) is 4.31 Å². The lowest BCUT2D eigenvalue weighted by molar-refractivity contribution is -0.116. The fraction of sp³-hybridized carbons (Fsp3) is 0.429. The molecule has 2 rings (SSSR count). The normalized spacial score (nSPS) is 16.8. The van der Waals surface area contributed by atoms with Crippen molar-refractivity contribution in [2.24, 2.45) is 0 Å². The van der Waals surface area contributed by atoms with Crippen LogP contribution in [0.1, 0.15) is 16.8 Å². The molecule has 0 unspecified atom stereocenters. The largest absolute Gasteiger partial charge is 0.354 e. The summed E-state index contributed by atoms with van der Waals surface area (Å²) in [5.74, 6) is -1.14. The molecule has 1 aromatic rings. The third-order valence-electron chi connectivity index (χ3n) is 3.38. The maximum absolute atomic E-state index is 12.1. The lowest BCUT2D eigenvalue weighted by atomic mass is 10.2. The molecule has 1 saturated heterocycles. The van der Waals surface area contributed by atoms with E-state index in [0.29, 0.717) is 0 Å². The Morgan fingerprint density at radius 1 is 1.35 bits per heavy atom. The summed E-state index contributed by atoms with van der Waals surface area (Å²) in [6.07, 6.45) is -0.634. The summed E-state index contributed by atoms with van der Waals surface area (Å²) in [7, 11) is -0.755. The zero-order chi connectivity index (χ0) is 17.0. The van der Waals surface area contributed by atoms with Gasteiger partial charge in [-0.3, -0.25) is 9.59 Å². The highest BCUT2D eigenvalue weighted by molar-refractivity contribution is 7.94. The molecule has 1 fully saturated rings. The molecule has 0 atom stereocenters. The minimum Gasteiger partial charge on any atom is -0.354 e. The number of hydrogen-bond acceptors (Lipinski definition) is 6. The van der Waals surface area contributed by atoms with Crippen LogP contribution in [0, 0.1) is 0 Å². The van der Waals surface area contributed by atoms with Crippen LogP contribution in [0.25, 0.3) is 0 Å². The van der Waals surface area contributed by atoms with E-state index in [2.05, 4.69) is 5.32 Å². The molecule has 1 heterocycles. The van der Waals surface area contributed by atoms with Crippen LogP contribution in [0.2, 0.25) is 0 Å². The molecule has 23 heavy (non-hydrogen) atoms. The minimum atomic E-state index is -3.65. The highest BCUT2D eigenvalue weighted by Gasteiger charge is 2.36. The molecular formula is C14H18N2O6S. The number of sulfonamides is 1. The highest BCUT2D eigenvalue weighted by Crippen LogP contribution is 2.25. The van der Waals surface area contributed by atoms with Gasteiger partial charge in [-0.25, -0.2) is 12.7 Å². The zero-order valence-corrected chi connectivity index (χ0v) is 13.6. The number of nitrogens with zero attached hydrogens (tertiary/aromatic N) is 1. The topological polar surface area (TPSA) is 102 Å². The van der Waals surface area contributed by atoms with Crippen LogP contribution in [-0.4, -0.2) is 53.0 Å². The lowest BCUT2D eigenvalue weighted by Gasteiger charge is -2.17. The minimum absolute atomic E-state index is 0.0535. The standard InChI is InChI=1S/C14H18N2O6S/c1-21-13(22-2)9-15-14(18)10-4-3-5-11(8-10)16-12(17)6-7-23(16,19)20/h3-5,8,13H,6-7,9H2,1-2H3,(H,15,18). The van der Waals surface area contributed by atoms with Crippen molar-refractivity contribution in [2.45, 2.75) is 12.7 Å². The van der Waals surface area contributed by atoms with Crippen LogP contribution < -0.4 is 9.62 Å². The van der Waals surface area contributed by atoms with Gasteiger partial charge in [0.2, 0.25) is 15.9 Å². The van der Waals surface area contributed by atoms with E-state index in [4.69, 9.17) is 9.47 Å². The number of benzene rings is 1. The van der Waals surface area contributed by atoms with Gasteiger partial charge in [-0.2, -0.15) is 0 Å². The van der Waals surface area contributed by atoms with E-state index >= 15 is 0 Å². The van der Waals surface area contributed by atoms with Crippen molar-refractivity contribution in [2.75, 3.05) is 30.8 Å². The molecule has 0 aliphatic carbocycles. The summed E-state index contributed by atoms with van der Waals surface area (Å²) in [5.41, 5.74) is 0.401. The van der Waals surface area contributed by atoms with Gasteiger partial charge in [0.05, 0.1) is 18.0 Å². The van der Waals surface area contributed by atoms with E-state index in [1.54, 1.807) is 0 Å². The fourth-order valence-corrected chi connectivity index (χ4v) is 3.63. The van der Waals surface area contributed by atoms with Crippen LogP contribution in [0.4, 0.5) is 5.69 Å². The molecule has 1 N–H and O–H groups in total. The number of nitrogens with one attached hydrogen (secondary N) is 1. The molecule has 8 nitrogen and oxygen atoms in total. The summed E-state index contributed by atoms with van der Waals surface area (Å²) in [6.45, 7) is 0.136. The first-order valence-electron chi connectivity index (χ1n) is 6.88. The zero-order valence-electron chi connectivity index (χ0n) is 12.8. The quantitative estimate of drug-likeness (QED) is 0.736. The van der Waals surface area contributed by atoms with Gasteiger partial charge in [0, 0.05) is 26.2 Å². The number of hydrogen-bond donors (Lipinski definition) is 1. The average molecular weight is 342 g/mol. The number of methoxy groups -OCH3 is 2. The van der Waals surface area contributed by atoms with Crippen LogP contribution >= 0.6 is 0 Å². The van der Waals surface area contributed by atoms with Gasteiger partial charge in [0.15, 0.2) is 6.29 Å². The molecule has 1 aromatic carbocycles. The summed E-state index contributed by atoms with van der Waals surface area (Å²) in [5, 5.41) is 2.61. The second-order valence-electron chi connectivity index (χ2n) is 4.89. The summed E-state index contributed by atoms with van der Waals surface area (Å²) in [6, 6.07) is 5.89. The lowest BCUT2D eigenvalue weighted by Crippen LogP contribution is -2.34. The van der Waals surface area contributed by atoms with E-state index in [-0.39, 0.29) is 30.0 Å². The van der Waals surface area contributed by atoms with E-state index in [9.17, 15) is 18.0 Å². The van der Waals surface area contributed by atoms with Gasteiger partial charge in [0.1, 0.15) is 0 Å². The number of amides is 2. The molecule has 0 bridgehead atoms. The van der Waals surface area contributed by atoms with Crippen LogP contribution in [0.15, 0.2) is 24.3 Å². The van der Waals surface area contributed by atoms with Gasteiger partial charge in [-0.15, -0.1) is 0 Å². The highest BCUT2D eigenvalue weighted by atomic mass is 32.2. The van der Waals surface area contributed by atoms with Crippen molar-refractivity contribution in [3.05, 3.63) is 29.8 Å². The van der Waals surface area contributed by atoms with Crippen molar-refractivity contribution < 1.29 is 27.5 Å². The second-order valence-corrected chi connectivity index (χ2v) is 6.82. The molecule has 1 aliphatic heterocycles. The van der Waals surface area contributed by atoms with Crippen molar-refractivity contribution >= 4 is 27.5 Å². The monoisotopic (exact) mass is 342 g/mol. The summed E-state index contributed by atoms with van der Waals surface area (Å²) in [4.78, 5) is 23.9. The first-order valence-corrected chi connectivity index (χ1v) is 8.49. The van der Waals surface area contributed by atoms with Crippen LogP contribution in [0.5, 0.6) is 0 Å². The molecule has 0 aromatic heterocycles. The number of carbonyl (C=O) groups is 2. The van der Waals surface area contributed by atoms with E-state index in [1.807, 2.05) is 0 Å². The summed E-state index contributed by atoms with van der Waals surface area (Å²) >= 11 is 0. The number of rotatable bonds is 6. The first-order chi connectivity index (χ1) is 10.9. The Bertz CT molecular complexity index is 699. The van der Waals surface area contributed by atoms with Crippen LogP contribution in [-0.2, 0) is 24.3 Å². The predicted molar refractivity (Wildman–Crippen MR) is 82.5 cm³/mol. The predicted octanol–water partition coefficient (Wildman–Crippen LogP) is 0.102. The van der Waals surface area contributed by atoms with Crippen molar-refractivity contribution in [1.29, 1.82) is 0 Å². The molecule has 0 saturated carbocycles. The van der Waals surface area contributed by atoms with Gasteiger partial charge in [0.25, 0.3) is 5.91 Å². The Morgan fingerprint density at radius 2 is 2.04 bits per heavy atom.